The molecule has 2 heterocycles. The monoisotopic (exact) mass is 212 g/mol. The van der Waals surface area contributed by atoms with Gasteiger partial charge in [0.1, 0.15) is 5.75 Å². The number of aromatic nitrogens is 2. The van der Waals surface area contributed by atoms with Crippen LogP contribution in [0.25, 0.3) is 12.2 Å². The summed E-state index contributed by atoms with van der Waals surface area (Å²) in [6, 6.07) is 5.83. The molecule has 2 rings (SSSR count). The van der Waals surface area contributed by atoms with Gasteiger partial charge in [-0.2, -0.15) is 0 Å². The van der Waals surface area contributed by atoms with Crippen LogP contribution >= 0.6 is 0 Å². The van der Waals surface area contributed by atoms with Gasteiger partial charge in [-0.15, -0.1) is 0 Å². The van der Waals surface area contributed by atoms with E-state index in [-0.39, 0.29) is 0 Å². The Morgan fingerprint density at radius 1 is 1.00 bits per heavy atom. The zero-order chi connectivity index (χ0) is 11.2. The Kier molecular flexibility index (Phi) is 3.28. The molecule has 0 saturated heterocycles. The van der Waals surface area contributed by atoms with Gasteiger partial charge < -0.3 is 4.74 Å². The standard InChI is InChI=1S/C13H12N2O/c1-16-13-8-12(9-15-10-13)3-2-11-4-6-14-7-5-11/h2-10H,1H3/b3-2+. The van der Waals surface area contributed by atoms with Crippen molar-refractivity contribution >= 4 is 12.2 Å². The minimum absolute atomic E-state index is 0.761. The Balaban J connectivity index is 2.17. The number of nitrogens with zero attached hydrogens (tertiary/aromatic N) is 2. The summed E-state index contributed by atoms with van der Waals surface area (Å²) in [4.78, 5) is 8.04. The van der Waals surface area contributed by atoms with Crippen LogP contribution in [0, 0.1) is 0 Å². The molecule has 0 aromatic carbocycles. The van der Waals surface area contributed by atoms with E-state index < -0.39 is 0 Å². The van der Waals surface area contributed by atoms with Gasteiger partial charge in [0.2, 0.25) is 0 Å². The fourth-order valence-corrected chi connectivity index (χ4v) is 1.31. The first kappa shape index (κ1) is 10.4. The lowest BCUT2D eigenvalue weighted by atomic mass is 10.2. The molecule has 0 spiro atoms. The Hall–Kier alpha value is -2.16. The maximum Gasteiger partial charge on any atom is 0.137 e. The fourth-order valence-electron chi connectivity index (χ4n) is 1.31. The lowest BCUT2D eigenvalue weighted by molar-refractivity contribution is 0.413. The molecule has 0 amide bonds. The molecule has 0 aliphatic rings. The predicted octanol–water partition coefficient (Wildman–Crippen LogP) is 2.66. The number of hydrogen-bond donors (Lipinski definition) is 0. The van der Waals surface area contributed by atoms with Crippen molar-refractivity contribution in [2.24, 2.45) is 0 Å². The van der Waals surface area contributed by atoms with Crippen LogP contribution < -0.4 is 4.74 Å². The zero-order valence-electron chi connectivity index (χ0n) is 9.00. The Labute approximate surface area is 94.4 Å². The largest absolute Gasteiger partial charge is 0.495 e. The van der Waals surface area contributed by atoms with Crippen LogP contribution in [0.4, 0.5) is 0 Å². The van der Waals surface area contributed by atoms with Crippen molar-refractivity contribution in [2.75, 3.05) is 7.11 Å². The molecule has 16 heavy (non-hydrogen) atoms. The fraction of sp³-hybridized carbons (Fsp3) is 0.0769. The van der Waals surface area contributed by atoms with Gasteiger partial charge in [0.25, 0.3) is 0 Å². The van der Waals surface area contributed by atoms with Crippen molar-refractivity contribution in [3.05, 3.63) is 54.1 Å². The molecule has 0 bridgehead atoms. The third-order valence-electron chi connectivity index (χ3n) is 2.14. The summed E-state index contributed by atoms with van der Waals surface area (Å²) in [5.41, 5.74) is 2.12. The lowest BCUT2D eigenvalue weighted by Gasteiger charge is -1.99. The number of ether oxygens (including phenoxy) is 1. The predicted molar refractivity (Wildman–Crippen MR) is 64.0 cm³/mol. The second-order valence-electron chi connectivity index (χ2n) is 3.27. The summed E-state index contributed by atoms with van der Waals surface area (Å²) in [6.45, 7) is 0. The van der Waals surface area contributed by atoms with E-state index in [1.165, 1.54) is 0 Å². The summed E-state index contributed by atoms with van der Waals surface area (Å²) in [6.07, 6.45) is 11.0. The summed E-state index contributed by atoms with van der Waals surface area (Å²) in [5.74, 6) is 0.761. The molecule has 3 nitrogen and oxygen atoms in total. The molecule has 0 radical (unpaired) electrons. The maximum atomic E-state index is 5.10. The summed E-state index contributed by atoms with van der Waals surface area (Å²) >= 11 is 0. The van der Waals surface area contributed by atoms with Crippen LogP contribution in [0.3, 0.4) is 0 Å². The molecule has 80 valence electrons. The third kappa shape index (κ3) is 2.67. The van der Waals surface area contributed by atoms with Crippen LogP contribution in [-0.4, -0.2) is 17.1 Å². The number of hydrogen-bond acceptors (Lipinski definition) is 3. The SMILES string of the molecule is COc1cncc(/C=C/c2ccncc2)c1. The van der Waals surface area contributed by atoms with E-state index in [1.54, 1.807) is 31.9 Å². The first-order valence-electron chi connectivity index (χ1n) is 4.95. The van der Waals surface area contributed by atoms with Crippen molar-refractivity contribution in [2.45, 2.75) is 0 Å². The topological polar surface area (TPSA) is 35.0 Å². The highest BCUT2D eigenvalue weighted by molar-refractivity contribution is 5.69. The summed E-state index contributed by atoms with van der Waals surface area (Å²) in [7, 11) is 1.63. The molecule has 0 fully saturated rings. The van der Waals surface area contributed by atoms with Crippen LogP contribution in [0.2, 0.25) is 0 Å². The normalized spacial score (nSPS) is 10.6. The highest BCUT2D eigenvalue weighted by Crippen LogP contribution is 2.12. The highest BCUT2D eigenvalue weighted by atomic mass is 16.5. The van der Waals surface area contributed by atoms with E-state index in [2.05, 4.69) is 9.97 Å². The van der Waals surface area contributed by atoms with Crippen molar-refractivity contribution in [3.8, 4) is 5.75 Å². The van der Waals surface area contributed by atoms with Gasteiger partial charge >= 0.3 is 0 Å². The van der Waals surface area contributed by atoms with E-state index in [0.29, 0.717) is 0 Å². The molecule has 0 aliphatic heterocycles. The molecule has 0 unspecified atom stereocenters. The Bertz CT molecular complexity index is 480. The molecule has 3 heteroatoms. The quantitative estimate of drug-likeness (QED) is 0.784. The number of rotatable bonds is 3. The van der Waals surface area contributed by atoms with Gasteiger partial charge in [-0.05, 0) is 29.3 Å². The molecule has 0 aliphatic carbocycles. The van der Waals surface area contributed by atoms with Crippen LogP contribution in [-0.2, 0) is 0 Å². The van der Waals surface area contributed by atoms with E-state index in [4.69, 9.17) is 4.74 Å². The number of methoxy groups -OCH3 is 1. The van der Waals surface area contributed by atoms with Gasteiger partial charge in [-0.3, -0.25) is 9.97 Å². The second kappa shape index (κ2) is 5.07. The van der Waals surface area contributed by atoms with Crippen molar-refractivity contribution in [3.63, 3.8) is 0 Å². The minimum Gasteiger partial charge on any atom is -0.495 e. The van der Waals surface area contributed by atoms with Gasteiger partial charge in [0.15, 0.2) is 0 Å². The molecule has 2 aromatic heterocycles. The molecule has 0 N–H and O–H groups in total. The van der Waals surface area contributed by atoms with Crippen molar-refractivity contribution in [1.82, 2.24) is 9.97 Å². The van der Waals surface area contributed by atoms with E-state index in [0.717, 1.165) is 16.9 Å². The molecular formula is C13H12N2O. The zero-order valence-corrected chi connectivity index (χ0v) is 9.00. The highest BCUT2D eigenvalue weighted by Gasteiger charge is 1.92. The Morgan fingerprint density at radius 2 is 1.75 bits per heavy atom. The van der Waals surface area contributed by atoms with E-state index in [9.17, 15) is 0 Å². The van der Waals surface area contributed by atoms with Gasteiger partial charge in [-0.1, -0.05) is 12.2 Å². The third-order valence-corrected chi connectivity index (χ3v) is 2.14. The van der Waals surface area contributed by atoms with Crippen LogP contribution in [0.5, 0.6) is 5.75 Å². The van der Waals surface area contributed by atoms with Gasteiger partial charge in [-0.25, -0.2) is 0 Å². The Morgan fingerprint density at radius 3 is 2.50 bits per heavy atom. The smallest absolute Gasteiger partial charge is 0.137 e. The summed E-state index contributed by atoms with van der Waals surface area (Å²) in [5, 5.41) is 0. The van der Waals surface area contributed by atoms with Crippen LogP contribution in [0.1, 0.15) is 11.1 Å². The average Bonchev–Trinajstić information content (AvgIpc) is 2.38. The van der Waals surface area contributed by atoms with Crippen molar-refractivity contribution in [1.29, 1.82) is 0 Å². The van der Waals surface area contributed by atoms with Crippen LogP contribution in [0.15, 0.2) is 43.0 Å². The first-order valence-corrected chi connectivity index (χ1v) is 4.95. The maximum absolute atomic E-state index is 5.10. The minimum atomic E-state index is 0.761. The first-order chi connectivity index (χ1) is 7.88. The van der Waals surface area contributed by atoms with E-state index in [1.807, 2.05) is 30.4 Å². The lowest BCUT2D eigenvalue weighted by Crippen LogP contribution is -1.84. The van der Waals surface area contributed by atoms with Gasteiger partial charge in [0, 0.05) is 18.6 Å². The summed E-state index contributed by atoms with van der Waals surface area (Å²) < 4.78 is 5.10. The number of pyridine rings is 2. The average molecular weight is 212 g/mol. The molecular weight excluding hydrogens is 200 g/mol. The molecule has 0 atom stereocenters. The molecule has 0 saturated carbocycles. The second-order valence-corrected chi connectivity index (χ2v) is 3.27. The van der Waals surface area contributed by atoms with Crippen molar-refractivity contribution < 1.29 is 4.74 Å². The van der Waals surface area contributed by atoms with Gasteiger partial charge in [0.05, 0.1) is 13.3 Å². The molecule has 2 aromatic rings. The van der Waals surface area contributed by atoms with E-state index >= 15 is 0 Å².